The molecule has 94 valence electrons. The minimum Gasteiger partial charge on any atom is -0.486 e. The number of fused-ring (bicyclic) bond motifs is 1. The number of ether oxygens (including phenoxy) is 2. The third-order valence-corrected chi connectivity index (χ3v) is 4.30. The van der Waals surface area contributed by atoms with Crippen LogP contribution in [0.1, 0.15) is 18.9 Å². The van der Waals surface area contributed by atoms with E-state index < -0.39 is 0 Å². The van der Waals surface area contributed by atoms with Gasteiger partial charge in [-0.2, -0.15) is 0 Å². The fourth-order valence-electron chi connectivity index (χ4n) is 1.92. The molecule has 0 fully saturated rings. The van der Waals surface area contributed by atoms with E-state index in [1.807, 2.05) is 6.07 Å². The van der Waals surface area contributed by atoms with Crippen molar-refractivity contribution in [2.45, 2.75) is 25.8 Å². The summed E-state index contributed by atoms with van der Waals surface area (Å²) in [6, 6.07) is 7.51. The van der Waals surface area contributed by atoms with E-state index in [0.29, 0.717) is 13.2 Å². The van der Waals surface area contributed by atoms with Gasteiger partial charge < -0.3 is 13.9 Å². The van der Waals surface area contributed by atoms with Crippen molar-refractivity contribution in [1.82, 2.24) is 0 Å². The molecule has 0 bridgehead atoms. The Bertz CT molecular complexity index is 355. The second-order valence-corrected chi connectivity index (χ2v) is 5.66. The lowest BCUT2D eigenvalue weighted by Crippen LogP contribution is -2.15. The van der Waals surface area contributed by atoms with Crippen molar-refractivity contribution in [2.24, 2.45) is 0 Å². The van der Waals surface area contributed by atoms with E-state index in [-0.39, 0.29) is 9.76 Å². The first-order valence-corrected chi connectivity index (χ1v) is 7.94. The fraction of sp³-hybridized carbons (Fsp3) is 0.538. The Kier molecular flexibility index (Phi) is 4.88. The van der Waals surface area contributed by atoms with Crippen LogP contribution in [0.25, 0.3) is 0 Å². The Morgan fingerprint density at radius 2 is 2.06 bits per heavy atom. The summed E-state index contributed by atoms with van der Waals surface area (Å²) >= 11 is 0. The van der Waals surface area contributed by atoms with Gasteiger partial charge >= 0.3 is 0 Å². The molecule has 4 heteroatoms. The maximum absolute atomic E-state index is 5.57. The van der Waals surface area contributed by atoms with Crippen LogP contribution in [-0.2, 0) is 10.8 Å². The summed E-state index contributed by atoms with van der Waals surface area (Å²) in [5.74, 6) is 1.78. The van der Waals surface area contributed by atoms with Crippen LogP contribution in [0.15, 0.2) is 18.2 Å². The summed E-state index contributed by atoms with van der Waals surface area (Å²) in [6.45, 7) is 4.25. The van der Waals surface area contributed by atoms with Gasteiger partial charge in [0, 0.05) is 6.61 Å². The molecule has 1 heterocycles. The van der Waals surface area contributed by atoms with Gasteiger partial charge in [0.15, 0.2) is 21.3 Å². The number of rotatable bonds is 6. The Hall–Kier alpha value is -1.00. The zero-order valence-corrected chi connectivity index (χ0v) is 11.8. The largest absolute Gasteiger partial charge is 0.486 e. The highest BCUT2D eigenvalue weighted by molar-refractivity contribution is 6.26. The number of hydrogen-bond donors (Lipinski definition) is 0. The minimum atomic E-state index is -0.276. The molecule has 17 heavy (non-hydrogen) atoms. The molecule has 0 N–H and O–H groups in total. The van der Waals surface area contributed by atoms with Gasteiger partial charge in [0.25, 0.3) is 0 Å². The smallest absolute Gasteiger partial charge is 0.161 e. The van der Waals surface area contributed by atoms with Gasteiger partial charge in [0.05, 0.1) is 0 Å². The third kappa shape index (κ3) is 3.75. The van der Waals surface area contributed by atoms with Crippen molar-refractivity contribution < 1.29 is 13.9 Å². The van der Waals surface area contributed by atoms with Gasteiger partial charge in [0.2, 0.25) is 0 Å². The first kappa shape index (κ1) is 12.5. The lowest BCUT2D eigenvalue weighted by atomic mass is 10.1. The normalized spacial score (nSPS) is 14.4. The SMILES string of the molecule is CCO[SiH2]CCCc1ccc2c(c1)OCCO2. The maximum Gasteiger partial charge on any atom is 0.161 e. The van der Waals surface area contributed by atoms with E-state index in [0.717, 1.165) is 24.5 Å². The monoisotopic (exact) mass is 252 g/mol. The standard InChI is InChI=1S/C13H20O3Si/c1-2-16-17-9-3-4-11-5-6-12-13(10-11)15-8-7-14-12/h5-6,10H,2-4,7-9,17H2,1H3. The predicted octanol–water partition coefficient (Wildman–Crippen LogP) is 1.93. The first-order chi connectivity index (χ1) is 8.40. The summed E-state index contributed by atoms with van der Waals surface area (Å²) in [4.78, 5) is 0. The number of hydrogen-bond acceptors (Lipinski definition) is 3. The van der Waals surface area contributed by atoms with Crippen LogP contribution < -0.4 is 9.47 Å². The van der Waals surface area contributed by atoms with E-state index in [2.05, 4.69) is 19.1 Å². The van der Waals surface area contributed by atoms with Gasteiger partial charge in [0.1, 0.15) is 13.2 Å². The Morgan fingerprint density at radius 1 is 1.24 bits per heavy atom. The molecule has 0 unspecified atom stereocenters. The van der Waals surface area contributed by atoms with E-state index in [9.17, 15) is 0 Å². The summed E-state index contributed by atoms with van der Waals surface area (Å²) < 4.78 is 16.5. The Balaban J connectivity index is 1.81. The average molecular weight is 252 g/mol. The second-order valence-electron chi connectivity index (χ2n) is 4.13. The second kappa shape index (κ2) is 6.66. The summed E-state index contributed by atoms with van der Waals surface area (Å²) in [6.07, 6.45) is 2.32. The van der Waals surface area contributed by atoms with Gasteiger partial charge in [-0.1, -0.05) is 12.5 Å². The number of aryl methyl sites for hydroxylation is 1. The van der Waals surface area contributed by atoms with Gasteiger partial charge in [-0.25, -0.2) is 0 Å². The van der Waals surface area contributed by atoms with Crippen LogP contribution in [0, 0.1) is 0 Å². The van der Waals surface area contributed by atoms with Crippen LogP contribution >= 0.6 is 0 Å². The van der Waals surface area contributed by atoms with Gasteiger partial charge in [-0.15, -0.1) is 0 Å². The molecule has 0 saturated carbocycles. The molecule has 0 aliphatic carbocycles. The molecule has 0 spiro atoms. The lowest BCUT2D eigenvalue weighted by Gasteiger charge is -2.18. The zero-order chi connectivity index (χ0) is 11.9. The zero-order valence-electron chi connectivity index (χ0n) is 10.4. The molecule has 1 aliphatic rings. The van der Waals surface area contributed by atoms with Crippen LogP contribution in [0.3, 0.4) is 0 Å². The van der Waals surface area contributed by atoms with Crippen molar-refractivity contribution >= 4 is 9.76 Å². The molecular weight excluding hydrogens is 232 g/mol. The van der Waals surface area contributed by atoms with Crippen LogP contribution in [-0.4, -0.2) is 29.6 Å². The molecule has 0 radical (unpaired) electrons. The average Bonchev–Trinajstić information content (AvgIpc) is 2.38. The minimum absolute atomic E-state index is 0.276. The Morgan fingerprint density at radius 3 is 2.88 bits per heavy atom. The molecule has 1 aromatic rings. The van der Waals surface area contributed by atoms with E-state index in [1.54, 1.807) is 0 Å². The molecule has 0 amide bonds. The van der Waals surface area contributed by atoms with E-state index in [1.165, 1.54) is 18.0 Å². The Labute approximate surface area is 105 Å². The molecule has 3 nitrogen and oxygen atoms in total. The molecule has 1 aliphatic heterocycles. The fourth-order valence-corrected chi connectivity index (χ4v) is 2.87. The highest BCUT2D eigenvalue weighted by Gasteiger charge is 2.11. The van der Waals surface area contributed by atoms with Crippen molar-refractivity contribution in [3.8, 4) is 11.5 Å². The lowest BCUT2D eigenvalue weighted by molar-refractivity contribution is 0.171. The summed E-state index contributed by atoms with van der Waals surface area (Å²) in [5.41, 5.74) is 1.33. The molecular formula is C13H20O3Si. The topological polar surface area (TPSA) is 27.7 Å². The molecule has 0 atom stereocenters. The van der Waals surface area contributed by atoms with Crippen molar-refractivity contribution in [2.75, 3.05) is 19.8 Å². The van der Waals surface area contributed by atoms with Gasteiger partial charge in [-0.05, 0) is 37.1 Å². The molecule has 0 aromatic heterocycles. The van der Waals surface area contributed by atoms with Crippen molar-refractivity contribution in [1.29, 1.82) is 0 Å². The van der Waals surface area contributed by atoms with E-state index >= 15 is 0 Å². The van der Waals surface area contributed by atoms with E-state index in [4.69, 9.17) is 13.9 Å². The first-order valence-electron chi connectivity index (χ1n) is 6.36. The van der Waals surface area contributed by atoms with Crippen LogP contribution in [0.5, 0.6) is 11.5 Å². The molecule has 2 rings (SSSR count). The highest BCUT2D eigenvalue weighted by atomic mass is 28.2. The summed E-state index contributed by atoms with van der Waals surface area (Å²) in [5, 5.41) is 0. The van der Waals surface area contributed by atoms with Crippen molar-refractivity contribution in [3.63, 3.8) is 0 Å². The van der Waals surface area contributed by atoms with Crippen LogP contribution in [0.2, 0.25) is 6.04 Å². The maximum atomic E-state index is 5.57. The van der Waals surface area contributed by atoms with Crippen molar-refractivity contribution in [3.05, 3.63) is 23.8 Å². The highest BCUT2D eigenvalue weighted by Crippen LogP contribution is 2.31. The molecule has 0 saturated heterocycles. The van der Waals surface area contributed by atoms with Crippen LogP contribution in [0.4, 0.5) is 0 Å². The molecule has 1 aromatic carbocycles. The van der Waals surface area contributed by atoms with Gasteiger partial charge in [-0.3, -0.25) is 0 Å². The quantitative estimate of drug-likeness (QED) is 0.572. The predicted molar refractivity (Wildman–Crippen MR) is 70.7 cm³/mol. The third-order valence-electron chi connectivity index (χ3n) is 2.81. The summed E-state index contributed by atoms with van der Waals surface area (Å²) in [7, 11) is -0.276. The number of benzene rings is 1.